The molecular weight excluding hydrogens is 304 g/mol. The van der Waals surface area contributed by atoms with Crippen LogP contribution in [0.3, 0.4) is 0 Å². The number of aliphatic hydroxyl groups is 1. The Morgan fingerprint density at radius 3 is 2.53 bits per heavy atom. The van der Waals surface area contributed by atoms with Crippen LogP contribution in [0.25, 0.3) is 5.69 Å². The lowest BCUT2D eigenvalue weighted by Gasteiger charge is -2.11. The third kappa shape index (κ3) is 2.90. The van der Waals surface area contributed by atoms with Gasteiger partial charge in [0, 0.05) is 10.2 Å². The molecular formula is C15H19BrN2O. The largest absolute Gasteiger partial charge is 0.389 e. The maximum atomic E-state index is 9.61. The van der Waals surface area contributed by atoms with Crippen LogP contribution < -0.4 is 0 Å². The predicted molar refractivity (Wildman–Crippen MR) is 80.7 cm³/mol. The van der Waals surface area contributed by atoms with Crippen LogP contribution in [-0.2, 0) is 12.8 Å². The lowest BCUT2D eigenvalue weighted by Crippen LogP contribution is -2.03. The SMILES string of the molecule is CCc1cc(CC)n(-c2ccc([C@H](C)O)cc2Br)n1. The van der Waals surface area contributed by atoms with Gasteiger partial charge in [-0.1, -0.05) is 19.9 Å². The van der Waals surface area contributed by atoms with E-state index in [1.165, 1.54) is 5.69 Å². The highest BCUT2D eigenvalue weighted by Gasteiger charge is 2.11. The van der Waals surface area contributed by atoms with Gasteiger partial charge in [0.05, 0.1) is 17.5 Å². The number of rotatable bonds is 4. The van der Waals surface area contributed by atoms with Crippen LogP contribution in [0.1, 0.15) is 43.8 Å². The van der Waals surface area contributed by atoms with Gasteiger partial charge >= 0.3 is 0 Å². The molecule has 0 bridgehead atoms. The van der Waals surface area contributed by atoms with Crippen LogP contribution >= 0.6 is 15.9 Å². The minimum absolute atomic E-state index is 0.459. The first-order valence-corrected chi connectivity index (χ1v) is 7.41. The van der Waals surface area contributed by atoms with Gasteiger partial charge in [0.25, 0.3) is 0 Å². The zero-order valence-corrected chi connectivity index (χ0v) is 13.1. The number of halogens is 1. The molecule has 0 radical (unpaired) electrons. The molecule has 1 N–H and O–H groups in total. The molecule has 102 valence electrons. The van der Waals surface area contributed by atoms with Crippen molar-refractivity contribution < 1.29 is 5.11 Å². The Hall–Kier alpha value is -1.13. The predicted octanol–water partition coefficient (Wildman–Crippen LogP) is 3.81. The first-order valence-electron chi connectivity index (χ1n) is 6.62. The van der Waals surface area contributed by atoms with Crippen molar-refractivity contribution in [2.24, 2.45) is 0 Å². The van der Waals surface area contributed by atoms with Crippen LogP contribution in [0, 0.1) is 0 Å². The van der Waals surface area contributed by atoms with Crippen LogP contribution in [-0.4, -0.2) is 14.9 Å². The van der Waals surface area contributed by atoms with Gasteiger partial charge < -0.3 is 5.11 Å². The van der Waals surface area contributed by atoms with E-state index in [1.807, 2.05) is 22.9 Å². The number of hydrogen-bond donors (Lipinski definition) is 1. The monoisotopic (exact) mass is 322 g/mol. The van der Waals surface area contributed by atoms with Crippen molar-refractivity contribution in [3.05, 3.63) is 45.7 Å². The molecule has 0 fully saturated rings. The summed E-state index contributed by atoms with van der Waals surface area (Å²) in [4.78, 5) is 0. The van der Waals surface area contributed by atoms with Crippen molar-refractivity contribution >= 4 is 15.9 Å². The Kier molecular flexibility index (Phi) is 4.42. The topological polar surface area (TPSA) is 38.0 Å². The van der Waals surface area contributed by atoms with E-state index in [2.05, 4.69) is 40.9 Å². The molecule has 0 amide bonds. The summed E-state index contributed by atoms with van der Waals surface area (Å²) in [6.07, 6.45) is 1.42. The first kappa shape index (κ1) is 14.3. The summed E-state index contributed by atoms with van der Waals surface area (Å²) < 4.78 is 2.93. The number of aryl methyl sites for hydroxylation is 2. The zero-order valence-electron chi connectivity index (χ0n) is 11.5. The van der Waals surface area contributed by atoms with E-state index in [1.54, 1.807) is 6.92 Å². The molecule has 19 heavy (non-hydrogen) atoms. The summed E-state index contributed by atoms with van der Waals surface area (Å²) in [6.45, 7) is 6.00. The lowest BCUT2D eigenvalue weighted by atomic mass is 10.1. The molecule has 0 saturated heterocycles. The van der Waals surface area contributed by atoms with Crippen LogP contribution in [0.2, 0.25) is 0 Å². The molecule has 1 heterocycles. The summed E-state index contributed by atoms with van der Waals surface area (Å²) in [6, 6.07) is 8.04. The fraction of sp³-hybridized carbons (Fsp3) is 0.400. The number of hydrogen-bond acceptors (Lipinski definition) is 2. The van der Waals surface area contributed by atoms with Gasteiger partial charge in [0.2, 0.25) is 0 Å². The average molecular weight is 323 g/mol. The maximum Gasteiger partial charge on any atom is 0.0791 e. The summed E-state index contributed by atoms with van der Waals surface area (Å²) in [5.74, 6) is 0. The molecule has 0 aliphatic carbocycles. The molecule has 0 saturated carbocycles. The molecule has 1 atom stereocenters. The van der Waals surface area contributed by atoms with E-state index >= 15 is 0 Å². The van der Waals surface area contributed by atoms with Crippen molar-refractivity contribution in [3.63, 3.8) is 0 Å². The van der Waals surface area contributed by atoms with E-state index < -0.39 is 6.10 Å². The molecule has 0 aliphatic heterocycles. The van der Waals surface area contributed by atoms with Crippen LogP contribution in [0.4, 0.5) is 0 Å². The van der Waals surface area contributed by atoms with Crippen molar-refractivity contribution in [1.29, 1.82) is 0 Å². The highest BCUT2D eigenvalue weighted by atomic mass is 79.9. The maximum absolute atomic E-state index is 9.61. The Labute approximate surface area is 122 Å². The van der Waals surface area contributed by atoms with E-state index in [9.17, 15) is 5.11 Å². The average Bonchev–Trinajstić information content (AvgIpc) is 2.81. The molecule has 0 spiro atoms. The fourth-order valence-corrected chi connectivity index (χ4v) is 2.63. The van der Waals surface area contributed by atoms with Gasteiger partial charge in [-0.25, -0.2) is 4.68 Å². The van der Waals surface area contributed by atoms with Crippen LogP contribution in [0.5, 0.6) is 0 Å². The molecule has 0 unspecified atom stereocenters. The fourth-order valence-electron chi connectivity index (χ4n) is 2.06. The van der Waals surface area contributed by atoms with Crippen molar-refractivity contribution in [3.8, 4) is 5.69 Å². The summed E-state index contributed by atoms with van der Waals surface area (Å²) >= 11 is 3.57. The Morgan fingerprint density at radius 2 is 2.00 bits per heavy atom. The Balaban J connectivity index is 2.49. The van der Waals surface area contributed by atoms with E-state index in [-0.39, 0.29) is 0 Å². The number of aliphatic hydroxyl groups excluding tert-OH is 1. The number of nitrogens with zero attached hydrogens (tertiary/aromatic N) is 2. The summed E-state index contributed by atoms with van der Waals surface area (Å²) in [5, 5.41) is 14.2. The molecule has 2 aromatic rings. The standard InChI is InChI=1S/C15H19BrN2O/c1-4-12-9-13(5-2)18(17-12)15-7-6-11(10(3)19)8-14(15)16/h6-10,19H,4-5H2,1-3H3/t10-/m0/s1. The Morgan fingerprint density at radius 1 is 1.26 bits per heavy atom. The minimum atomic E-state index is -0.459. The quantitative estimate of drug-likeness (QED) is 0.929. The normalized spacial score (nSPS) is 12.7. The smallest absolute Gasteiger partial charge is 0.0791 e. The first-order chi connectivity index (χ1) is 9.06. The number of benzene rings is 1. The van der Waals surface area contributed by atoms with Crippen molar-refractivity contribution in [1.82, 2.24) is 9.78 Å². The van der Waals surface area contributed by atoms with Crippen LogP contribution in [0.15, 0.2) is 28.7 Å². The second-order valence-electron chi connectivity index (χ2n) is 4.63. The summed E-state index contributed by atoms with van der Waals surface area (Å²) in [7, 11) is 0. The second-order valence-corrected chi connectivity index (χ2v) is 5.49. The lowest BCUT2D eigenvalue weighted by molar-refractivity contribution is 0.199. The highest BCUT2D eigenvalue weighted by Crippen LogP contribution is 2.26. The van der Waals surface area contributed by atoms with E-state index in [0.717, 1.165) is 34.3 Å². The zero-order chi connectivity index (χ0) is 14.0. The molecule has 4 heteroatoms. The molecule has 0 aliphatic rings. The van der Waals surface area contributed by atoms with Gasteiger partial charge in [0.1, 0.15) is 0 Å². The Bertz CT molecular complexity index is 576. The second kappa shape index (κ2) is 5.88. The third-order valence-electron chi connectivity index (χ3n) is 3.24. The molecule has 2 rings (SSSR count). The van der Waals surface area contributed by atoms with E-state index in [4.69, 9.17) is 0 Å². The molecule has 1 aromatic heterocycles. The van der Waals surface area contributed by atoms with Crippen molar-refractivity contribution in [2.75, 3.05) is 0 Å². The summed E-state index contributed by atoms with van der Waals surface area (Å²) in [5.41, 5.74) is 4.21. The van der Waals surface area contributed by atoms with Gasteiger partial charge in [-0.2, -0.15) is 5.10 Å². The van der Waals surface area contributed by atoms with Gasteiger partial charge in [0.15, 0.2) is 0 Å². The molecule has 3 nitrogen and oxygen atoms in total. The van der Waals surface area contributed by atoms with Crippen molar-refractivity contribution in [2.45, 2.75) is 39.7 Å². The van der Waals surface area contributed by atoms with Gasteiger partial charge in [-0.05, 0) is 59.5 Å². The molecule has 1 aromatic carbocycles. The third-order valence-corrected chi connectivity index (χ3v) is 3.88. The van der Waals surface area contributed by atoms with Gasteiger partial charge in [-0.3, -0.25) is 0 Å². The van der Waals surface area contributed by atoms with Gasteiger partial charge in [-0.15, -0.1) is 0 Å². The minimum Gasteiger partial charge on any atom is -0.389 e. The van der Waals surface area contributed by atoms with E-state index in [0.29, 0.717) is 0 Å². The number of aromatic nitrogens is 2. The highest BCUT2D eigenvalue weighted by molar-refractivity contribution is 9.10.